The van der Waals surface area contributed by atoms with Crippen LogP contribution in [0.2, 0.25) is 0 Å². The molecule has 3 rings (SSSR count). The van der Waals surface area contributed by atoms with Crippen LogP contribution in [0.25, 0.3) is 0 Å². The lowest BCUT2D eigenvalue weighted by Gasteiger charge is -2.31. The first-order valence-electron chi connectivity index (χ1n) is 9.52. The van der Waals surface area contributed by atoms with E-state index in [-0.39, 0.29) is 24.0 Å². The van der Waals surface area contributed by atoms with Crippen molar-refractivity contribution in [2.45, 2.75) is 25.7 Å². The lowest BCUT2D eigenvalue weighted by atomic mass is 9.99. The van der Waals surface area contributed by atoms with Crippen molar-refractivity contribution in [1.82, 2.24) is 4.31 Å². The monoisotopic (exact) mass is 404 g/mol. The fourth-order valence-electron chi connectivity index (χ4n) is 3.42. The van der Waals surface area contributed by atoms with E-state index in [1.54, 1.807) is 0 Å². The molecule has 1 saturated heterocycles. The zero-order chi connectivity index (χ0) is 20.0. The van der Waals surface area contributed by atoms with E-state index < -0.39 is 15.9 Å². The zero-order valence-corrected chi connectivity index (χ0v) is 16.5. The summed E-state index contributed by atoms with van der Waals surface area (Å²) in [5, 5.41) is 2.75. The van der Waals surface area contributed by atoms with Crippen LogP contribution in [0.1, 0.15) is 24.8 Å². The van der Waals surface area contributed by atoms with Crippen molar-refractivity contribution in [1.29, 1.82) is 0 Å². The molecule has 0 unspecified atom stereocenters. The minimum Gasteiger partial charge on any atom is -0.326 e. The molecule has 0 bridgehead atoms. The molecule has 1 aliphatic heterocycles. The number of sulfonamides is 1. The summed E-state index contributed by atoms with van der Waals surface area (Å²) in [7, 11) is -3.39. The number of aryl methyl sites for hydroxylation is 1. The molecule has 2 aromatic rings. The predicted octanol–water partition coefficient (Wildman–Crippen LogP) is 3.44. The lowest BCUT2D eigenvalue weighted by molar-refractivity contribution is -0.120. The Balaban J connectivity index is 1.53. The second kappa shape index (κ2) is 9.30. The van der Waals surface area contributed by atoms with E-state index in [9.17, 15) is 17.6 Å². The van der Waals surface area contributed by atoms with Crippen molar-refractivity contribution in [3.05, 3.63) is 66.0 Å². The standard InChI is InChI=1S/C21H25FN2O3S/c22-19-10-12-20(13-11-19)23-21(25)18-9-4-14-24(16-18)28(26,27)15-5-8-17-6-2-1-3-7-17/h1-3,6-7,10-13,18H,4-5,8-9,14-16H2,(H,23,25)/t18-/m1/s1. The second-order valence-electron chi connectivity index (χ2n) is 7.10. The van der Waals surface area contributed by atoms with Gasteiger partial charge in [-0.15, -0.1) is 0 Å². The van der Waals surface area contributed by atoms with Crippen LogP contribution >= 0.6 is 0 Å². The van der Waals surface area contributed by atoms with Gasteiger partial charge in [-0.3, -0.25) is 4.79 Å². The molecule has 7 heteroatoms. The number of amides is 1. The van der Waals surface area contributed by atoms with Crippen molar-refractivity contribution in [2.75, 3.05) is 24.2 Å². The van der Waals surface area contributed by atoms with Crippen LogP contribution in [0.15, 0.2) is 54.6 Å². The molecule has 1 N–H and O–H groups in total. The molecular formula is C21H25FN2O3S. The lowest BCUT2D eigenvalue weighted by Crippen LogP contribution is -2.44. The van der Waals surface area contributed by atoms with Crippen molar-refractivity contribution < 1.29 is 17.6 Å². The predicted molar refractivity (Wildman–Crippen MR) is 108 cm³/mol. The number of piperidine rings is 1. The van der Waals surface area contributed by atoms with Crippen LogP contribution in [0.4, 0.5) is 10.1 Å². The molecular weight excluding hydrogens is 379 g/mol. The van der Waals surface area contributed by atoms with Crippen LogP contribution in [-0.4, -0.2) is 37.5 Å². The smallest absolute Gasteiger partial charge is 0.228 e. The number of halogens is 1. The van der Waals surface area contributed by atoms with Crippen molar-refractivity contribution in [2.24, 2.45) is 5.92 Å². The molecule has 28 heavy (non-hydrogen) atoms. The highest BCUT2D eigenvalue weighted by molar-refractivity contribution is 7.89. The largest absolute Gasteiger partial charge is 0.326 e. The van der Waals surface area contributed by atoms with Crippen molar-refractivity contribution in [3.8, 4) is 0 Å². The summed E-state index contributed by atoms with van der Waals surface area (Å²) in [5.74, 6) is -0.921. The Bertz CT molecular complexity index is 886. The number of hydrogen-bond donors (Lipinski definition) is 1. The van der Waals surface area contributed by atoms with E-state index >= 15 is 0 Å². The summed E-state index contributed by atoms with van der Waals surface area (Å²) in [5.41, 5.74) is 1.63. The Morgan fingerprint density at radius 1 is 1.11 bits per heavy atom. The molecule has 1 atom stereocenters. The molecule has 1 fully saturated rings. The Morgan fingerprint density at radius 3 is 2.54 bits per heavy atom. The summed E-state index contributed by atoms with van der Waals surface area (Å²) >= 11 is 0. The van der Waals surface area contributed by atoms with Gasteiger partial charge in [0.25, 0.3) is 0 Å². The van der Waals surface area contributed by atoms with Gasteiger partial charge in [0, 0.05) is 18.8 Å². The normalized spacial score (nSPS) is 18.0. The van der Waals surface area contributed by atoms with Crippen LogP contribution in [0, 0.1) is 11.7 Å². The first-order valence-corrected chi connectivity index (χ1v) is 11.1. The number of carbonyl (C=O) groups is 1. The maximum atomic E-state index is 13.0. The number of benzene rings is 2. The van der Waals surface area contributed by atoms with Gasteiger partial charge in [0.1, 0.15) is 5.82 Å². The van der Waals surface area contributed by atoms with Crippen LogP contribution in [0.3, 0.4) is 0 Å². The number of nitrogens with zero attached hydrogens (tertiary/aromatic N) is 1. The van der Waals surface area contributed by atoms with E-state index in [0.29, 0.717) is 37.9 Å². The van der Waals surface area contributed by atoms with Crippen LogP contribution in [-0.2, 0) is 21.2 Å². The summed E-state index contributed by atoms with van der Waals surface area (Å²) in [6.07, 6.45) is 2.56. The average Bonchev–Trinajstić information content (AvgIpc) is 2.70. The van der Waals surface area contributed by atoms with Gasteiger partial charge in [0.05, 0.1) is 11.7 Å². The Morgan fingerprint density at radius 2 is 1.82 bits per heavy atom. The molecule has 2 aromatic carbocycles. The van der Waals surface area contributed by atoms with Gasteiger partial charge < -0.3 is 5.32 Å². The zero-order valence-electron chi connectivity index (χ0n) is 15.7. The summed E-state index contributed by atoms with van der Waals surface area (Å²) in [6, 6.07) is 15.3. The molecule has 1 amide bonds. The Kier molecular flexibility index (Phi) is 6.80. The third-order valence-electron chi connectivity index (χ3n) is 4.97. The molecule has 0 saturated carbocycles. The van der Waals surface area contributed by atoms with Gasteiger partial charge in [0.15, 0.2) is 0 Å². The van der Waals surface area contributed by atoms with Gasteiger partial charge in [-0.25, -0.2) is 17.1 Å². The maximum Gasteiger partial charge on any atom is 0.228 e. The van der Waals surface area contributed by atoms with Gasteiger partial charge in [-0.1, -0.05) is 30.3 Å². The molecule has 0 aromatic heterocycles. The summed E-state index contributed by atoms with van der Waals surface area (Å²) in [4.78, 5) is 12.5. The molecule has 0 aliphatic carbocycles. The SMILES string of the molecule is O=C(Nc1ccc(F)cc1)[C@@H]1CCCN(S(=O)(=O)CCCc2ccccc2)C1. The Hall–Kier alpha value is -2.25. The molecule has 150 valence electrons. The molecule has 5 nitrogen and oxygen atoms in total. The van der Waals surface area contributed by atoms with Crippen LogP contribution < -0.4 is 5.32 Å². The quantitative estimate of drug-likeness (QED) is 0.769. The summed E-state index contributed by atoms with van der Waals surface area (Å²) in [6.45, 7) is 0.648. The first-order chi connectivity index (χ1) is 13.4. The van der Waals surface area contributed by atoms with E-state index in [4.69, 9.17) is 0 Å². The third-order valence-corrected chi connectivity index (χ3v) is 6.89. The van der Waals surface area contributed by atoms with Gasteiger partial charge in [0.2, 0.25) is 15.9 Å². The number of rotatable bonds is 7. The van der Waals surface area contributed by atoms with Gasteiger partial charge in [-0.05, 0) is 55.5 Å². The molecule has 0 spiro atoms. The summed E-state index contributed by atoms with van der Waals surface area (Å²) < 4.78 is 39.8. The third kappa shape index (κ3) is 5.62. The molecule has 0 radical (unpaired) electrons. The number of nitrogens with one attached hydrogen (secondary N) is 1. The van der Waals surface area contributed by atoms with E-state index in [1.165, 1.54) is 28.6 Å². The fourth-order valence-corrected chi connectivity index (χ4v) is 5.00. The van der Waals surface area contributed by atoms with Crippen molar-refractivity contribution in [3.63, 3.8) is 0 Å². The van der Waals surface area contributed by atoms with Gasteiger partial charge in [-0.2, -0.15) is 0 Å². The van der Waals surface area contributed by atoms with Crippen LogP contribution in [0.5, 0.6) is 0 Å². The highest BCUT2D eigenvalue weighted by atomic mass is 32.2. The minimum atomic E-state index is -3.39. The topological polar surface area (TPSA) is 66.5 Å². The number of hydrogen-bond acceptors (Lipinski definition) is 3. The number of carbonyl (C=O) groups excluding carboxylic acids is 1. The first kappa shape index (κ1) is 20.5. The van der Waals surface area contributed by atoms with Gasteiger partial charge >= 0.3 is 0 Å². The van der Waals surface area contributed by atoms with E-state index in [1.807, 2.05) is 30.3 Å². The minimum absolute atomic E-state index is 0.0776. The van der Waals surface area contributed by atoms with E-state index in [0.717, 1.165) is 5.56 Å². The van der Waals surface area contributed by atoms with E-state index in [2.05, 4.69) is 5.32 Å². The van der Waals surface area contributed by atoms with Crippen molar-refractivity contribution >= 4 is 21.6 Å². The Labute approximate surface area is 165 Å². The highest BCUT2D eigenvalue weighted by Gasteiger charge is 2.32. The average molecular weight is 405 g/mol. The highest BCUT2D eigenvalue weighted by Crippen LogP contribution is 2.22. The second-order valence-corrected chi connectivity index (χ2v) is 9.19. The maximum absolute atomic E-state index is 13.0. The number of anilines is 1. The molecule has 1 heterocycles. The fraction of sp³-hybridized carbons (Fsp3) is 0.381. The molecule has 1 aliphatic rings.